The topological polar surface area (TPSA) is 71.4 Å². The molecule has 4 nitrogen and oxygen atoms in total. The van der Waals surface area contributed by atoms with Gasteiger partial charge in [0.15, 0.2) is 9.84 Å². The molecule has 0 fully saturated rings. The molecular weight excluding hydrogens is 342 g/mol. The number of rotatable bonds is 2. The first-order valence-corrected chi connectivity index (χ1v) is 6.52. The van der Waals surface area contributed by atoms with Crippen molar-refractivity contribution in [3.8, 4) is 0 Å². The Morgan fingerprint density at radius 2 is 1.93 bits per heavy atom. The number of aromatic carboxylic acids is 1. The van der Waals surface area contributed by atoms with Crippen LogP contribution < -0.4 is 0 Å². The second-order valence-electron chi connectivity index (χ2n) is 2.72. The van der Waals surface area contributed by atoms with Crippen molar-refractivity contribution in [2.45, 2.75) is 4.90 Å². The first-order valence-electron chi connectivity index (χ1n) is 3.55. The van der Waals surface area contributed by atoms with Crippen molar-refractivity contribution in [1.82, 2.24) is 0 Å². The van der Waals surface area contributed by atoms with E-state index in [0.717, 1.165) is 6.26 Å². The third-order valence-electron chi connectivity index (χ3n) is 1.60. The second kappa shape index (κ2) is 5.62. The normalized spacial score (nSPS) is 10.5. The standard InChI is InChI=1S/C8H7IO4S.Na.H/c1-14(12,13)5-2-3-6(8(10)11)7(9)4-5;;/h2-4H,1H3,(H,10,11);;. The van der Waals surface area contributed by atoms with Gasteiger partial charge < -0.3 is 5.11 Å². The Balaban J connectivity index is 0.00000196. The summed E-state index contributed by atoms with van der Waals surface area (Å²) in [7, 11) is -3.27. The molecule has 15 heavy (non-hydrogen) atoms. The summed E-state index contributed by atoms with van der Waals surface area (Å²) in [6.07, 6.45) is 1.08. The van der Waals surface area contributed by atoms with Crippen LogP contribution in [0.5, 0.6) is 0 Å². The molecule has 1 rings (SSSR count). The predicted octanol–water partition coefficient (Wildman–Crippen LogP) is 0.744. The Hall–Kier alpha value is 0.370. The molecule has 7 heteroatoms. The van der Waals surface area contributed by atoms with Gasteiger partial charge in [-0.15, -0.1) is 0 Å². The number of carboxylic acid groups (broad SMARTS) is 1. The Kier molecular flexibility index (Phi) is 5.76. The van der Waals surface area contributed by atoms with E-state index < -0.39 is 15.8 Å². The molecule has 0 aromatic heterocycles. The van der Waals surface area contributed by atoms with Crippen LogP contribution in [-0.2, 0) is 9.84 Å². The summed E-state index contributed by atoms with van der Waals surface area (Å²) in [4.78, 5) is 10.8. The third kappa shape index (κ3) is 4.03. The van der Waals surface area contributed by atoms with Crippen LogP contribution in [0.2, 0.25) is 0 Å². The average Bonchev–Trinajstić information content (AvgIpc) is 2.01. The van der Waals surface area contributed by atoms with E-state index in [1.54, 1.807) is 22.6 Å². The summed E-state index contributed by atoms with van der Waals surface area (Å²) in [5.74, 6) is -1.06. The summed E-state index contributed by atoms with van der Waals surface area (Å²) >= 11 is 1.80. The first-order chi connectivity index (χ1) is 6.32. The molecule has 0 unspecified atom stereocenters. The van der Waals surface area contributed by atoms with Gasteiger partial charge in [-0.25, -0.2) is 13.2 Å². The summed E-state index contributed by atoms with van der Waals surface area (Å²) in [5, 5.41) is 8.71. The minimum absolute atomic E-state index is 0. The zero-order chi connectivity index (χ0) is 10.9. The van der Waals surface area contributed by atoms with E-state index in [-0.39, 0.29) is 40.0 Å². The third-order valence-corrected chi connectivity index (χ3v) is 3.60. The second-order valence-corrected chi connectivity index (χ2v) is 5.90. The maximum atomic E-state index is 11.1. The van der Waals surface area contributed by atoms with Crippen molar-refractivity contribution in [1.29, 1.82) is 0 Å². The molecule has 0 radical (unpaired) electrons. The Morgan fingerprint density at radius 1 is 1.40 bits per heavy atom. The van der Waals surface area contributed by atoms with Gasteiger partial charge >= 0.3 is 35.5 Å². The van der Waals surface area contributed by atoms with E-state index in [1.165, 1.54) is 18.2 Å². The molecular formula is C8H8INaO4S. The molecule has 1 aromatic carbocycles. The van der Waals surface area contributed by atoms with E-state index in [1.807, 2.05) is 0 Å². The molecule has 0 spiro atoms. The van der Waals surface area contributed by atoms with Crippen molar-refractivity contribution in [2.75, 3.05) is 6.26 Å². The summed E-state index contributed by atoms with van der Waals surface area (Å²) in [6, 6.07) is 3.93. The van der Waals surface area contributed by atoms with Crippen molar-refractivity contribution < 1.29 is 18.3 Å². The van der Waals surface area contributed by atoms with Gasteiger partial charge in [0, 0.05) is 9.83 Å². The number of benzene rings is 1. The number of sulfone groups is 1. The SMILES string of the molecule is CS(=O)(=O)c1ccc(C(=O)O)c(I)c1.[NaH]. The van der Waals surface area contributed by atoms with Gasteiger partial charge in [0.1, 0.15) is 0 Å². The van der Waals surface area contributed by atoms with Crippen LogP contribution in [0.1, 0.15) is 10.4 Å². The Labute approximate surface area is 123 Å². The fourth-order valence-corrected chi connectivity index (χ4v) is 2.50. The molecule has 0 saturated heterocycles. The Bertz CT molecular complexity index is 483. The monoisotopic (exact) mass is 350 g/mol. The van der Waals surface area contributed by atoms with Crippen molar-refractivity contribution in [2.24, 2.45) is 0 Å². The van der Waals surface area contributed by atoms with Crippen LogP contribution in [0.3, 0.4) is 0 Å². The van der Waals surface area contributed by atoms with Gasteiger partial charge in [0.05, 0.1) is 10.5 Å². The van der Waals surface area contributed by atoms with Crippen molar-refractivity contribution in [3.63, 3.8) is 0 Å². The molecule has 1 N–H and O–H groups in total. The molecule has 0 aliphatic rings. The van der Waals surface area contributed by atoms with Gasteiger partial charge in [0.25, 0.3) is 0 Å². The molecule has 0 aliphatic heterocycles. The fourth-order valence-electron chi connectivity index (χ4n) is 0.900. The van der Waals surface area contributed by atoms with Crippen LogP contribution in [0.4, 0.5) is 0 Å². The number of hydrogen-bond acceptors (Lipinski definition) is 3. The fraction of sp³-hybridized carbons (Fsp3) is 0.125. The van der Waals surface area contributed by atoms with Crippen LogP contribution >= 0.6 is 22.6 Å². The van der Waals surface area contributed by atoms with Gasteiger partial charge in [0.2, 0.25) is 0 Å². The predicted molar refractivity (Wildman–Crippen MR) is 66.4 cm³/mol. The van der Waals surface area contributed by atoms with E-state index in [2.05, 4.69) is 0 Å². The van der Waals surface area contributed by atoms with Crippen LogP contribution in [0.15, 0.2) is 23.1 Å². The molecule has 0 heterocycles. The van der Waals surface area contributed by atoms with Gasteiger partial charge in [-0.1, -0.05) is 0 Å². The average molecular weight is 350 g/mol. The molecule has 0 amide bonds. The van der Waals surface area contributed by atoms with E-state index in [0.29, 0.717) is 3.57 Å². The number of carbonyl (C=O) groups is 1. The van der Waals surface area contributed by atoms with E-state index in [9.17, 15) is 13.2 Å². The first kappa shape index (κ1) is 15.4. The maximum absolute atomic E-state index is 11.1. The van der Waals surface area contributed by atoms with Crippen molar-refractivity contribution in [3.05, 3.63) is 27.3 Å². The number of halogens is 1. The van der Waals surface area contributed by atoms with Crippen molar-refractivity contribution >= 4 is 68.0 Å². The summed E-state index contributed by atoms with van der Waals surface area (Å²) < 4.78 is 22.6. The molecule has 0 bridgehead atoms. The number of carboxylic acids is 1. The quantitative estimate of drug-likeness (QED) is 0.631. The van der Waals surface area contributed by atoms with Crippen LogP contribution in [-0.4, -0.2) is 55.3 Å². The molecule has 1 aromatic rings. The van der Waals surface area contributed by atoms with Crippen LogP contribution in [0.25, 0.3) is 0 Å². The zero-order valence-electron chi connectivity index (χ0n) is 7.19. The summed E-state index contributed by atoms with van der Waals surface area (Å²) in [5.41, 5.74) is 0.109. The minimum atomic E-state index is -3.27. The van der Waals surface area contributed by atoms with Gasteiger partial charge in [-0.3, -0.25) is 0 Å². The molecule has 0 saturated carbocycles. The molecule has 0 atom stereocenters. The summed E-state index contributed by atoms with van der Waals surface area (Å²) in [6.45, 7) is 0. The zero-order valence-corrected chi connectivity index (χ0v) is 10.2. The van der Waals surface area contributed by atoms with Gasteiger partial charge in [-0.2, -0.15) is 0 Å². The van der Waals surface area contributed by atoms with Gasteiger partial charge in [-0.05, 0) is 40.8 Å². The van der Waals surface area contributed by atoms with Crippen LogP contribution in [0, 0.1) is 3.57 Å². The Morgan fingerprint density at radius 3 is 2.27 bits per heavy atom. The van der Waals surface area contributed by atoms with E-state index in [4.69, 9.17) is 5.11 Å². The molecule has 0 aliphatic carbocycles. The molecule has 78 valence electrons. The van der Waals surface area contributed by atoms with E-state index >= 15 is 0 Å². The number of hydrogen-bond donors (Lipinski definition) is 1.